The van der Waals surface area contributed by atoms with Gasteiger partial charge in [0.05, 0.1) is 5.52 Å². The highest BCUT2D eigenvalue weighted by Gasteiger charge is 2.28. The second-order valence-electron chi connectivity index (χ2n) is 6.78. The first-order valence-corrected chi connectivity index (χ1v) is 9.72. The molecule has 3 aromatic rings. The summed E-state index contributed by atoms with van der Waals surface area (Å²) in [4.78, 5) is 26.4. The zero-order valence-electron chi connectivity index (χ0n) is 15.2. The first-order chi connectivity index (χ1) is 14.0. The van der Waals surface area contributed by atoms with E-state index in [9.17, 15) is 9.59 Å². The van der Waals surface area contributed by atoms with Crippen LogP contribution in [0.2, 0.25) is 10.0 Å². The number of hydrogen-bond acceptors (Lipinski definition) is 5. The Hall–Kier alpha value is -2.84. The van der Waals surface area contributed by atoms with Crippen molar-refractivity contribution in [3.8, 4) is 0 Å². The number of nitrogens with zero attached hydrogens (tertiary/aromatic N) is 3. The smallest absolute Gasteiger partial charge is 0.410 e. The topological polar surface area (TPSA) is 100 Å². The molecule has 1 aliphatic rings. The van der Waals surface area contributed by atoms with E-state index in [2.05, 4.69) is 20.7 Å². The highest BCUT2D eigenvalue weighted by atomic mass is 35.5. The first kappa shape index (κ1) is 19.5. The number of halogens is 2. The second-order valence-corrected chi connectivity index (χ2v) is 7.65. The van der Waals surface area contributed by atoms with Crippen molar-refractivity contribution in [1.29, 1.82) is 0 Å². The van der Waals surface area contributed by atoms with E-state index >= 15 is 0 Å². The molecule has 1 aliphatic heterocycles. The lowest BCUT2D eigenvalue weighted by Gasteiger charge is -2.17. The lowest BCUT2D eigenvalue weighted by Crippen LogP contribution is -2.38. The fourth-order valence-electron chi connectivity index (χ4n) is 3.23. The van der Waals surface area contributed by atoms with Gasteiger partial charge in [-0.05, 0) is 48.4 Å². The van der Waals surface area contributed by atoms with Crippen molar-refractivity contribution in [2.75, 3.05) is 13.1 Å². The molecule has 0 bridgehead atoms. The summed E-state index contributed by atoms with van der Waals surface area (Å²) in [5.74, 6) is -0.219. The fraction of sp³-hybridized carbons (Fsp3) is 0.263. The molecule has 0 radical (unpaired) electrons. The third kappa shape index (κ3) is 4.60. The lowest BCUT2D eigenvalue weighted by atomic mass is 10.1. The number of carbonyl (C=O) groups excluding carboxylic acids is 2. The van der Waals surface area contributed by atoms with Gasteiger partial charge in [-0.2, -0.15) is 0 Å². The Morgan fingerprint density at radius 1 is 1.21 bits per heavy atom. The van der Waals surface area contributed by atoms with Crippen molar-refractivity contribution in [2.45, 2.75) is 19.1 Å². The molecule has 1 atom stereocenters. The van der Waals surface area contributed by atoms with Crippen LogP contribution >= 0.6 is 23.2 Å². The fourth-order valence-corrected chi connectivity index (χ4v) is 3.80. The van der Waals surface area contributed by atoms with Gasteiger partial charge in [0.1, 0.15) is 12.1 Å². The predicted molar refractivity (Wildman–Crippen MR) is 108 cm³/mol. The molecular formula is C19H17Cl2N5O3. The van der Waals surface area contributed by atoms with Crippen molar-refractivity contribution in [2.24, 2.45) is 0 Å². The van der Waals surface area contributed by atoms with E-state index in [1.807, 2.05) is 0 Å². The largest absolute Gasteiger partial charge is 0.445 e. The number of aromatic nitrogens is 3. The number of amides is 2. The van der Waals surface area contributed by atoms with Crippen LogP contribution in [0, 0.1) is 0 Å². The molecule has 150 valence electrons. The van der Waals surface area contributed by atoms with Crippen LogP contribution in [-0.2, 0) is 11.3 Å². The number of ether oxygens (including phenoxy) is 1. The number of fused-ring (bicyclic) bond motifs is 1. The van der Waals surface area contributed by atoms with Crippen molar-refractivity contribution in [3.05, 3.63) is 57.6 Å². The number of rotatable bonds is 4. The van der Waals surface area contributed by atoms with Gasteiger partial charge in [0.2, 0.25) is 0 Å². The normalized spacial score (nSPS) is 16.2. The third-order valence-electron chi connectivity index (χ3n) is 4.65. The Labute approximate surface area is 176 Å². The SMILES string of the molecule is O=C(NC1CCN(C(=O)OCc2cc(Cl)cc(Cl)c2)C1)c1ccc2[nH]nnc2c1. The molecule has 2 aromatic carbocycles. The van der Waals surface area contributed by atoms with Crippen LogP contribution in [0.3, 0.4) is 0 Å². The monoisotopic (exact) mass is 433 g/mol. The van der Waals surface area contributed by atoms with E-state index in [0.29, 0.717) is 46.2 Å². The molecule has 1 fully saturated rings. The number of likely N-dealkylation sites (tertiary alicyclic amines) is 1. The standard InChI is InChI=1S/C19H17Cl2N5O3/c20-13-5-11(6-14(21)8-13)10-29-19(28)26-4-3-15(9-26)22-18(27)12-1-2-16-17(7-12)24-25-23-16/h1-2,5-8,15H,3-4,9-10H2,(H,22,27)(H,23,24,25). The summed E-state index contributed by atoms with van der Waals surface area (Å²) in [6.07, 6.45) is 0.206. The van der Waals surface area contributed by atoms with Gasteiger partial charge in [0.25, 0.3) is 5.91 Å². The summed E-state index contributed by atoms with van der Waals surface area (Å²) in [5.41, 5.74) is 2.58. The molecule has 0 saturated carbocycles. The molecule has 29 heavy (non-hydrogen) atoms. The molecule has 1 unspecified atom stereocenters. The maximum Gasteiger partial charge on any atom is 0.410 e. The quantitative estimate of drug-likeness (QED) is 0.656. The molecule has 8 nitrogen and oxygen atoms in total. The molecule has 4 rings (SSSR count). The number of hydrogen-bond donors (Lipinski definition) is 2. The lowest BCUT2D eigenvalue weighted by molar-refractivity contribution is 0.0922. The van der Waals surface area contributed by atoms with Gasteiger partial charge in [-0.3, -0.25) is 9.89 Å². The Morgan fingerprint density at radius 2 is 2.00 bits per heavy atom. The maximum atomic E-state index is 12.5. The third-order valence-corrected chi connectivity index (χ3v) is 5.09. The predicted octanol–water partition coefficient (Wildman–Crippen LogP) is 3.41. The molecule has 1 saturated heterocycles. The van der Waals surface area contributed by atoms with Crippen molar-refractivity contribution >= 4 is 46.2 Å². The van der Waals surface area contributed by atoms with E-state index in [-0.39, 0.29) is 18.6 Å². The summed E-state index contributed by atoms with van der Waals surface area (Å²) in [5, 5.41) is 14.3. The summed E-state index contributed by atoms with van der Waals surface area (Å²) in [6.45, 7) is 0.958. The Morgan fingerprint density at radius 3 is 2.79 bits per heavy atom. The second kappa shape index (κ2) is 8.26. The van der Waals surface area contributed by atoms with Gasteiger partial charge in [-0.15, -0.1) is 5.10 Å². The van der Waals surface area contributed by atoms with Crippen molar-refractivity contribution in [3.63, 3.8) is 0 Å². The van der Waals surface area contributed by atoms with E-state index in [4.69, 9.17) is 27.9 Å². The van der Waals surface area contributed by atoms with Crippen LogP contribution in [0.1, 0.15) is 22.3 Å². The van der Waals surface area contributed by atoms with E-state index in [1.165, 1.54) is 0 Å². The van der Waals surface area contributed by atoms with Gasteiger partial charge in [0.15, 0.2) is 0 Å². The average Bonchev–Trinajstić information content (AvgIpc) is 3.34. The molecule has 1 aromatic heterocycles. The molecule has 2 amide bonds. The number of nitrogens with one attached hydrogen (secondary N) is 2. The molecule has 0 spiro atoms. The molecular weight excluding hydrogens is 417 g/mol. The summed E-state index contributed by atoms with van der Waals surface area (Å²) >= 11 is 11.9. The molecule has 2 heterocycles. The van der Waals surface area contributed by atoms with Crippen molar-refractivity contribution < 1.29 is 14.3 Å². The minimum atomic E-state index is -0.443. The average molecular weight is 434 g/mol. The Balaban J connectivity index is 1.30. The van der Waals surface area contributed by atoms with Crippen molar-refractivity contribution in [1.82, 2.24) is 25.6 Å². The minimum absolute atomic E-state index is 0.0738. The van der Waals surface area contributed by atoms with Crippen LogP contribution in [0.25, 0.3) is 11.0 Å². The first-order valence-electron chi connectivity index (χ1n) is 8.96. The number of H-pyrrole nitrogens is 1. The number of aromatic amines is 1. The number of carbonyl (C=O) groups is 2. The van der Waals surface area contributed by atoms with Crippen LogP contribution in [0.5, 0.6) is 0 Å². The maximum absolute atomic E-state index is 12.5. The summed E-state index contributed by atoms with van der Waals surface area (Å²) in [6, 6.07) is 9.98. The van der Waals surface area contributed by atoms with Gasteiger partial charge >= 0.3 is 6.09 Å². The highest BCUT2D eigenvalue weighted by Crippen LogP contribution is 2.20. The van der Waals surface area contributed by atoms with Crippen LogP contribution < -0.4 is 5.32 Å². The molecule has 2 N–H and O–H groups in total. The van der Waals surface area contributed by atoms with E-state index < -0.39 is 6.09 Å². The van der Waals surface area contributed by atoms with Gasteiger partial charge in [-0.1, -0.05) is 28.4 Å². The highest BCUT2D eigenvalue weighted by molar-refractivity contribution is 6.34. The van der Waals surface area contributed by atoms with Gasteiger partial charge < -0.3 is 15.0 Å². The van der Waals surface area contributed by atoms with Crippen LogP contribution in [0.15, 0.2) is 36.4 Å². The minimum Gasteiger partial charge on any atom is -0.445 e. The summed E-state index contributed by atoms with van der Waals surface area (Å²) < 4.78 is 5.34. The van der Waals surface area contributed by atoms with Crippen LogP contribution in [0.4, 0.5) is 4.79 Å². The zero-order valence-corrected chi connectivity index (χ0v) is 16.7. The molecule has 0 aliphatic carbocycles. The Bertz CT molecular complexity index is 1050. The van der Waals surface area contributed by atoms with E-state index in [1.54, 1.807) is 41.3 Å². The van der Waals surface area contributed by atoms with E-state index in [0.717, 1.165) is 5.52 Å². The molecule has 10 heteroatoms. The van der Waals surface area contributed by atoms with Gasteiger partial charge in [0, 0.05) is 34.7 Å². The number of benzene rings is 2. The van der Waals surface area contributed by atoms with Crippen LogP contribution in [-0.4, -0.2) is 51.4 Å². The Kier molecular flexibility index (Phi) is 5.55. The zero-order chi connectivity index (χ0) is 20.4. The van der Waals surface area contributed by atoms with Gasteiger partial charge in [-0.25, -0.2) is 4.79 Å². The summed E-state index contributed by atoms with van der Waals surface area (Å²) in [7, 11) is 0.